The summed E-state index contributed by atoms with van der Waals surface area (Å²) in [6.45, 7) is 2.03. The van der Waals surface area contributed by atoms with Gasteiger partial charge in [-0.15, -0.1) is 0 Å². The Morgan fingerprint density at radius 1 is 1.35 bits per heavy atom. The van der Waals surface area contributed by atoms with Gasteiger partial charge < -0.3 is 10.2 Å². The van der Waals surface area contributed by atoms with Crippen LogP contribution in [-0.2, 0) is 6.42 Å². The minimum absolute atomic E-state index is 0.329. The number of nitrogen functional groups attached to an aromatic ring is 1. The molecule has 5 nitrogen and oxygen atoms in total. The molecule has 1 aromatic carbocycles. The lowest BCUT2D eigenvalue weighted by Crippen LogP contribution is -2.10. The van der Waals surface area contributed by atoms with Crippen LogP contribution in [0.4, 0.5) is 10.2 Å². The predicted molar refractivity (Wildman–Crippen MR) is 78.0 cm³/mol. The first-order valence-corrected chi connectivity index (χ1v) is 6.89. The molecule has 0 aliphatic carbocycles. The van der Waals surface area contributed by atoms with Crippen molar-refractivity contribution >= 4 is 21.7 Å². The van der Waals surface area contributed by atoms with E-state index < -0.39 is 0 Å². The summed E-state index contributed by atoms with van der Waals surface area (Å²) in [5.41, 5.74) is 2.47. The van der Waals surface area contributed by atoms with E-state index in [9.17, 15) is 4.39 Å². The van der Waals surface area contributed by atoms with Crippen LogP contribution in [0.5, 0.6) is 11.6 Å². The first kappa shape index (κ1) is 14.7. The van der Waals surface area contributed by atoms with Crippen LogP contribution in [0.15, 0.2) is 28.7 Å². The van der Waals surface area contributed by atoms with Crippen molar-refractivity contribution < 1.29 is 9.13 Å². The fraction of sp³-hybridized carbons (Fsp3) is 0.231. The molecule has 20 heavy (non-hydrogen) atoms. The highest BCUT2D eigenvalue weighted by Crippen LogP contribution is 2.26. The maximum atomic E-state index is 13.2. The molecule has 0 aliphatic heterocycles. The molecule has 0 unspecified atom stereocenters. The SMILES string of the molecule is CCCc1nc(NN)cc(Oc2ccc(F)c(Br)c2)n1. The standard InChI is InChI=1S/C13H14BrFN4O/c1-2-3-11-17-12(19-16)7-13(18-11)20-8-4-5-10(15)9(14)6-8/h4-7H,2-3,16H2,1H3,(H,17,18,19). The van der Waals surface area contributed by atoms with Gasteiger partial charge in [0.1, 0.15) is 23.2 Å². The summed E-state index contributed by atoms with van der Waals surface area (Å²) in [5, 5.41) is 0. The van der Waals surface area contributed by atoms with Gasteiger partial charge in [0.15, 0.2) is 0 Å². The van der Waals surface area contributed by atoms with E-state index in [4.69, 9.17) is 10.6 Å². The highest BCUT2D eigenvalue weighted by atomic mass is 79.9. The second-order valence-corrected chi connectivity index (χ2v) is 4.93. The zero-order valence-corrected chi connectivity index (χ0v) is 12.4. The number of anilines is 1. The van der Waals surface area contributed by atoms with Crippen molar-refractivity contribution in [3.05, 3.63) is 40.4 Å². The number of halogens is 2. The van der Waals surface area contributed by atoms with Crippen molar-refractivity contribution in [3.63, 3.8) is 0 Å². The molecule has 3 N–H and O–H groups in total. The normalized spacial score (nSPS) is 10.4. The number of nitrogens with zero attached hydrogens (tertiary/aromatic N) is 2. The molecule has 106 valence electrons. The fourth-order valence-electron chi connectivity index (χ4n) is 1.60. The maximum Gasteiger partial charge on any atom is 0.224 e. The van der Waals surface area contributed by atoms with Gasteiger partial charge in [0.25, 0.3) is 0 Å². The zero-order valence-electron chi connectivity index (χ0n) is 10.9. The number of nitrogens with two attached hydrogens (primary N) is 1. The van der Waals surface area contributed by atoms with Gasteiger partial charge in [0.05, 0.1) is 4.47 Å². The first-order chi connectivity index (χ1) is 9.62. The van der Waals surface area contributed by atoms with Crippen molar-refractivity contribution in [1.82, 2.24) is 9.97 Å². The lowest BCUT2D eigenvalue weighted by molar-refractivity contribution is 0.456. The molecule has 0 aliphatic rings. The quantitative estimate of drug-likeness (QED) is 0.644. The van der Waals surface area contributed by atoms with Gasteiger partial charge in [-0.3, -0.25) is 0 Å². The summed E-state index contributed by atoms with van der Waals surface area (Å²) in [4.78, 5) is 8.50. The van der Waals surface area contributed by atoms with Crippen LogP contribution in [0.1, 0.15) is 19.2 Å². The van der Waals surface area contributed by atoms with E-state index in [2.05, 4.69) is 31.3 Å². The zero-order chi connectivity index (χ0) is 14.5. The predicted octanol–water partition coefficient (Wildman–Crippen LogP) is 3.41. The Hall–Kier alpha value is -1.73. The molecule has 0 radical (unpaired) electrons. The summed E-state index contributed by atoms with van der Waals surface area (Å²) >= 11 is 3.11. The Balaban J connectivity index is 2.27. The maximum absolute atomic E-state index is 13.2. The van der Waals surface area contributed by atoms with Crippen molar-refractivity contribution in [3.8, 4) is 11.6 Å². The summed E-state index contributed by atoms with van der Waals surface area (Å²) < 4.78 is 19.1. The van der Waals surface area contributed by atoms with Gasteiger partial charge in [-0.25, -0.2) is 15.2 Å². The lowest BCUT2D eigenvalue weighted by Gasteiger charge is -2.09. The fourth-order valence-corrected chi connectivity index (χ4v) is 1.95. The molecule has 7 heteroatoms. The largest absolute Gasteiger partial charge is 0.439 e. The summed E-state index contributed by atoms with van der Waals surface area (Å²) in [6.07, 6.45) is 1.63. The molecule has 0 fully saturated rings. The number of benzene rings is 1. The topological polar surface area (TPSA) is 73.1 Å². The van der Waals surface area contributed by atoms with Gasteiger partial charge in [0.2, 0.25) is 5.88 Å². The molecule has 2 rings (SSSR count). The molecule has 1 aromatic heterocycles. The second kappa shape index (κ2) is 6.62. The monoisotopic (exact) mass is 340 g/mol. The molecule has 2 aromatic rings. The third-order valence-corrected chi connectivity index (χ3v) is 3.09. The van der Waals surface area contributed by atoms with E-state index >= 15 is 0 Å². The highest BCUT2D eigenvalue weighted by molar-refractivity contribution is 9.10. The van der Waals surface area contributed by atoms with Crippen LogP contribution < -0.4 is 16.0 Å². The van der Waals surface area contributed by atoms with Crippen molar-refractivity contribution in [2.75, 3.05) is 5.43 Å². The van der Waals surface area contributed by atoms with E-state index in [1.807, 2.05) is 6.92 Å². The van der Waals surface area contributed by atoms with Crippen molar-refractivity contribution in [1.29, 1.82) is 0 Å². The first-order valence-electron chi connectivity index (χ1n) is 6.10. The van der Waals surface area contributed by atoms with E-state index in [-0.39, 0.29) is 5.82 Å². The third kappa shape index (κ3) is 3.64. The Bertz CT molecular complexity index is 609. The van der Waals surface area contributed by atoms with E-state index in [1.165, 1.54) is 18.2 Å². The number of aryl methyl sites for hydroxylation is 1. The smallest absolute Gasteiger partial charge is 0.224 e. The number of hydrazine groups is 1. The average Bonchev–Trinajstić information content (AvgIpc) is 2.43. The molecule has 0 amide bonds. The number of aromatic nitrogens is 2. The van der Waals surface area contributed by atoms with Crippen LogP contribution in [0.25, 0.3) is 0 Å². The molecule has 1 heterocycles. The van der Waals surface area contributed by atoms with Gasteiger partial charge in [0, 0.05) is 12.5 Å². The number of rotatable bonds is 5. The molecule has 0 atom stereocenters. The number of nitrogens with one attached hydrogen (secondary N) is 1. The molecule has 0 bridgehead atoms. The van der Waals surface area contributed by atoms with E-state index in [1.54, 1.807) is 6.07 Å². The van der Waals surface area contributed by atoms with Gasteiger partial charge in [-0.1, -0.05) is 6.92 Å². The average molecular weight is 341 g/mol. The summed E-state index contributed by atoms with van der Waals surface area (Å²) in [6, 6.07) is 5.95. The van der Waals surface area contributed by atoms with Crippen LogP contribution in [-0.4, -0.2) is 9.97 Å². The lowest BCUT2D eigenvalue weighted by atomic mass is 10.3. The minimum Gasteiger partial charge on any atom is -0.439 e. The Kier molecular flexibility index (Phi) is 4.86. The van der Waals surface area contributed by atoms with Gasteiger partial charge in [-0.2, -0.15) is 4.98 Å². The van der Waals surface area contributed by atoms with Crippen LogP contribution in [0, 0.1) is 5.82 Å². The Labute approximate surface area is 124 Å². The Morgan fingerprint density at radius 3 is 2.80 bits per heavy atom. The Morgan fingerprint density at radius 2 is 2.15 bits per heavy atom. The molecule has 0 saturated heterocycles. The number of hydrogen-bond donors (Lipinski definition) is 2. The summed E-state index contributed by atoms with van der Waals surface area (Å²) in [7, 11) is 0. The number of ether oxygens (including phenoxy) is 1. The van der Waals surface area contributed by atoms with E-state index in [0.717, 1.165) is 12.8 Å². The minimum atomic E-state index is -0.351. The summed E-state index contributed by atoms with van der Waals surface area (Å²) in [5.74, 6) is 6.96. The third-order valence-electron chi connectivity index (χ3n) is 2.48. The molecule has 0 saturated carbocycles. The van der Waals surface area contributed by atoms with Crippen LogP contribution in [0.3, 0.4) is 0 Å². The highest BCUT2D eigenvalue weighted by Gasteiger charge is 2.07. The second-order valence-electron chi connectivity index (χ2n) is 4.08. The molecule has 0 spiro atoms. The van der Waals surface area contributed by atoms with Crippen LogP contribution in [0.2, 0.25) is 0 Å². The van der Waals surface area contributed by atoms with Crippen molar-refractivity contribution in [2.24, 2.45) is 5.84 Å². The van der Waals surface area contributed by atoms with Crippen LogP contribution >= 0.6 is 15.9 Å². The molecular weight excluding hydrogens is 327 g/mol. The van der Waals surface area contributed by atoms with Gasteiger partial charge >= 0.3 is 0 Å². The van der Waals surface area contributed by atoms with Crippen molar-refractivity contribution in [2.45, 2.75) is 19.8 Å². The number of hydrogen-bond acceptors (Lipinski definition) is 5. The molecular formula is C13H14BrFN4O. The van der Waals surface area contributed by atoms with Gasteiger partial charge in [-0.05, 0) is 40.5 Å². The van der Waals surface area contributed by atoms with E-state index in [0.29, 0.717) is 27.7 Å².